The van der Waals surface area contributed by atoms with Crippen LogP contribution in [0.5, 0.6) is 0 Å². The molecule has 1 aliphatic heterocycles. The van der Waals surface area contributed by atoms with E-state index in [0.29, 0.717) is 35.9 Å². The Balaban J connectivity index is 1.83. The number of carbonyl (C=O) groups is 3. The summed E-state index contributed by atoms with van der Waals surface area (Å²) in [5.74, 6) is -0.735. The van der Waals surface area contributed by atoms with Crippen LogP contribution < -0.4 is 5.32 Å². The zero-order chi connectivity index (χ0) is 17.1. The minimum Gasteiger partial charge on any atom is -0.381 e. The van der Waals surface area contributed by atoms with Gasteiger partial charge in [0.05, 0.1) is 12.1 Å². The Hall–Kier alpha value is -3.02. The summed E-state index contributed by atoms with van der Waals surface area (Å²) >= 11 is 0. The number of halogens is 1. The zero-order valence-corrected chi connectivity index (χ0v) is 12.8. The van der Waals surface area contributed by atoms with Crippen molar-refractivity contribution in [1.82, 2.24) is 4.90 Å². The quantitative estimate of drug-likeness (QED) is 0.828. The van der Waals surface area contributed by atoms with Crippen molar-refractivity contribution in [3.05, 3.63) is 64.5 Å². The van der Waals surface area contributed by atoms with Gasteiger partial charge in [-0.1, -0.05) is 18.2 Å². The van der Waals surface area contributed by atoms with Gasteiger partial charge in [0.2, 0.25) is 0 Å². The van der Waals surface area contributed by atoms with Crippen molar-refractivity contribution in [1.29, 1.82) is 0 Å². The SMILES string of the molecule is O=CCN1Cc2c(NCc3cccc(C=O)c3F)cccc2C1=O. The lowest BCUT2D eigenvalue weighted by atomic mass is 10.1. The van der Waals surface area contributed by atoms with Crippen molar-refractivity contribution in [2.45, 2.75) is 13.1 Å². The molecular formula is C18H15FN2O3. The number of aldehydes is 2. The largest absolute Gasteiger partial charge is 0.381 e. The van der Waals surface area contributed by atoms with Gasteiger partial charge in [-0.25, -0.2) is 4.39 Å². The normalized spacial score (nSPS) is 12.9. The molecule has 122 valence electrons. The topological polar surface area (TPSA) is 66.5 Å². The molecule has 1 N–H and O–H groups in total. The standard InChI is InChI=1S/C18H15FN2O3/c19-17-12(3-1-4-13(17)11-23)9-20-16-6-2-5-14-15(16)10-21(7-8-22)18(14)24/h1-6,8,11,20H,7,9-10H2. The van der Waals surface area contributed by atoms with Crippen LogP contribution in [0.25, 0.3) is 0 Å². The first-order valence-electron chi connectivity index (χ1n) is 7.47. The molecule has 5 nitrogen and oxygen atoms in total. The van der Waals surface area contributed by atoms with Gasteiger partial charge in [-0.2, -0.15) is 0 Å². The number of anilines is 1. The van der Waals surface area contributed by atoms with Gasteiger partial charge in [-0.05, 0) is 18.2 Å². The van der Waals surface area contributed by atoms with E-state index in [1.54, 1.807) is 30.3 Å². The molecule has 0 saturated heterocycles. The van der Waals surface area contributed by atoms with E-state index in [1.807, 2.05) is 0 Å². The van der Waals surface area contributed by atoms with Crippen LogP contribution in [0, 0.1) is 5.82 Å². The summed E-state index contributed by atoms with van der Waals surface area (Å²) in [6, 6.07) is 9.89. The molecule has 0 unspecified atom stereocenters. The maximum Gasteiger partial charge on any atom is 0.254 e. The second kappa shape index (κ2) is 6.62. The smallest absolute Gasteiger partial charge is 0.254 e. The molecule has 0 spiro atoms. The second-order valence-corrected chi connectivity index (χ2v) is 5.48. The van der Waals surface area contributed by atoms with Gasteiger partial charge in [0.25, 0.3) is 5.91 Å². The Morgan fingerprint density at radius 2 is 1.96 bits per heavy atom. The van der Waals surface area contributed by atoms with Crippen molar-refractivity contribution >= 4 is 24.2 Å². The number of hydrogen-bond donors (Lipinski definition) is 1. The molecule has 1 aliphatic rings. The van der Waals surface area contributed by atoms with Crippen LogP contribution in [0.2, 0.25) is 0 Å². The fourth-order valence-electron chi connectivity index (χ4n) is 2.81. The number of carbonyl (C=O) groups excluding carboxylic acids is 3. The summed E-state index contributed by atoms with van der Waals surface area (Å²) in [6.07, 6.45) is 1.17. The lowest BCUT2D eigenvalue weighted by Gasteiger charge is -2.13. The van der Waals surface area contributed by atoms with Crippen LogP contribution in [-0.4, -0.2) is 29.9 Å². The highest BCUT2D eigenvalue weighted by molar-refractivity contribution is 6.00. The lowest BCUT2D eigenvalue weighted by Crippen LogP contribution is -2.25. The lowest BCUT2D eigenvalue weighted by molar-refractivity contribution is -0.108. The molecule has 3 rings (SSSR count). The molecule has 0 aromatic heterocycles. The Bertz CT molecular complexity index is 820. The summed E-state index contributed by atoms with van der Waals surface area (Å²) in [5, 5.41) is 3.11. The molecule has 0 atom stereocenters. The second-order valence-electron chi connectivity index (χ2n) is 5.48. The first-order chi connectivity index (χ1) is 11.7. The van der Waals surface area contributed by atoms with Gasteiger partial charge in [-0.3, -0.25) is 9.59 Å². The number of rotatable bonds is 6. The minimum absolute atomic E-state index is 0.0138. The maximum absolute atomic E-state index is 14.1. The zero-order valence-electron chi connectivity index (χ0n) is 12.8. The highest BCUT2D eigenvalue weighted by Gasteiger charge is 2.28. The Morgan fingerprint density at radius 1 is 1.17 bits per heavy atom. The van der Waals surface area contributed by atoms with Crippen LogP contribution in [-0.2, 0) is 17.9 Å². The van der Waals surface area contributed by atoms with Gasteiger partial charge < -0.3 is 15.0 Å². The van der Waals surface area contributed by atoms with E-state index in [-0.39, 0.29) is 24.6 Å². The third kappa shape index (κ3) is 2.78. The average molecular weight is 326 g/mol. The summed E-state index contributed by atoms with van der Waals surface area (Å²) in [7, 11) is 0. The monoisotopic (exact) mass is 326 g/mol. The molecule has 24 heavy (non-hydrogen) atoms. The summed E-state index contributed by atoms with van der Waals surface area (Å²) < 4.78 is 14.1. The van der Waals surface area contributed by atoms with E-state index < -0.39 is 5.82 Å². The molecule has 2 aromatic carbocycles. The number of fused-ring (bicyclic) bond motifs is 1. The van der Waals surface area contributed by atoms with Crippen molar-refractivity contribution in [3.63, 3.8) is 0 Å². The maximum atomic E-state index is 14.1. The fraction of sp³-hybridized carbons (Fsp3) is 0.167. The van der Waals surface area contributed by atoms with Crippen molar-refractivity contribution < 1.29 is 18.8 Å². The molecule has 1 amide bonds. The first kappa shape index (κ1) is 15.9. The fourth-order valence-corrected chi connectivity index (χ4v) is 2.81. The van der Waals surface area contributed by atoms with Gasteiger partial charge in [0, 0.05) is 35.5 Å². The van der Waals surface area contributed by atoms with E-state index in [1.165, 1.54) is 11.0 Å². The van der Waals surface area contributed by atoms with Gasteiger partial charge in [0.1, 0.15) is 12.1 Å². The van der Waals surface area contributed by atoms with Crippen molar-refractivity contribution in [2.24, 2.45) is 0 Å². The molecular weight excluding hydrogens is 311 g/mol. The van der Waals surface area contributed by atoms with E-state index in [2.05, 4.69) is 5.32 Å². The third-order valence-corrected chi connectivity index (χ3v) is 4.04. The van der Waals surface area contributed by atoms with E-state index in [9.17, 15) is 18.8 Å². The molecule has 6 heteroatoms. The van der Waals surface area contributed by atoms with Crippen molar-refractivity contribution in [2.75, 3.05) is 11.9 Å². The number of nitrogens with zero attached hydrogens (tertiary/aromatic N) is 1. The van der Waals surface area contributed by atoms with E-state index >= 15 is 0 Å². The number of hydrogen-bond acceptors (Lipinski definition) is 4. The molecule has 0 aliphatic carbocycles. The van der Waals surface area contributed by atoms with Crippen LogP contribution in [0.1, 0.15) is 31.8 Å². The van der Waals surface area contributed by atoms with E-state index in [0.717, 1.165) is 5.56 Å². The number of nitrogens with one attached hydrogen (secondary N) is 1. The molecule has 0 bridgehead atoms. The molecule has 2 aromatic rings. The Labute approximate surface area is 138 Å². The summed E-state index contributed by atoms with van der Waals surface area (Å²) in [6.45, 7) is 0.571. The molecule has 0 saturated carbocycles. The summed E-state index contributed by atoms with van der Waals surface area (Å²) in [5.41, 5.74) is 2.43. The number of benzene rings is 2. The van der Waals surface area contributed by atoms with Crippen LogP contribution >= 0.6 is 0 Å². The summed E-state index contributed by atoms with van der Waals surface area (Å²) in [4.78, 5) is 35.1. The molecule has 0 radical (unpaired) electrons. The van der Waals surface area contributed by atoms with Gasteiger partial charge in [-0.15, -0.1) is 0 Å². The Morgan fingerprint density at radius 3 is 2.71 bits per heavy atom. The molecule has 1 heterocycles. The highest BCUT2D eigenvalue weighted by Crippen LogP contribution is 2.29. The van der Waals surface area contributed by atoms with Gasteiger partial charge >= 0.3 is 0 Å². The van der Waals surface area contributed by atoms with Crippen LogP contribution in [0.15, 0.2) is 36.4 Å². The molecule has 0 fully saturated rings. The van der Waals surface area contributed by atoms with E-state index in [4.69, 9.17) is 0 Å². The van der Waals surface area contributed by atoms with Crippen molar-refractivity contribution in [3.8, 4) is 0 Å². The predicted octanol–water partition coefficient (Wildman–Crippen LogP) is 2.41. The minimum atomic E-state index is -0.550. The highest BCUT2D eigenvalue weighted by atomic mass is 19.1. The first-order valence-corrected chi connectivity index (χ1v) is 7.47. The third-order valence-electron chi connectivity index (χ3n) is 4.04. The van der Waals surface area contributed by atoms with Crippen LogP contribution in [0.4, 0.5) is 10.1 Å². The number of amides is 1. The Kier molecular flexibility index (Phi) is 4.37. The van der Waals surface area contributed by atoms with Crippen LogP contribution in [0.3, 0.4) is 0 Å². The average Bonchev–Trinajstić information content (AvgIpc) is 2.91. The van der Waals surface area contributed by atoms with Gasteiger partial charge in [0.15, 0.2) is 6.29 Å². The predicted molar refractivity (Wildman–Crippen MR) is 86.4 cm³/mol.